The maximum atomic E-state index is 13.1. The highest BCUT2D eigenvalue weighted by Crippen LogP contribution is 2.31. The molecule has 0 spiro atoms. The lowest BCUT2D eigenvalue weighted by Crippen LogP contribution is -2.33. The number of fused-ring (bicyclic) bond motifs is 1. The lowest BCUT2D eigenvalue weighted by molar-refractivity contribution is 0.0749. The van der Waals surface area contributed by atoms with E-state index in [2.05, 4.69) is 30.9 Å². The molecule has 1 amide bonds. The smallest absolute Gasteiger partial charge is 0.254 e. The molecule has 23 heavy (non-hydrogen) atoms. The quantitative estimate of drug-likeness (QED) is 0.819. The van der Waals surface area contributed by atoms with Crippen molar-refractivity contribution in [1.82, 2.24) is 19.7 Å². The molecule has 0 saturated heterocycles. The zero-order valence-electron chi connectivity index (χ0n) is 14.5. The van der Waals surface area contributed by atoms with Gasteiger partial charge in [0.2, 0.25) is 0 Å². The molecule has 5 heteroatoms. The van der Waals surface area contributed by atoms with Gasteiger partial charge < -0.3 is 4.90 Å². The molecule has 0 bridgehead atoms. The number of hydrogen-bond donors (Lipinski definition) is 0. The highest BCUT2D eigenvalue weighted by Gasteiger charge is 2.28. The van der Waals surface area contributed by atoms with Gasteiger partial charge in [0, 0.05) is 24.8 Å². The number of pyridine rings is 1. The number of aryl methyl sites for hydroxylation is 1. The summed E-state index contributed by atoms with van der Waals surface area (Å²) in [6.45, 7) is 9.92. The zero-order chi connectivity index (χ0) is 16.6. The van der Waals surface area contributed by atoms with E-state index in [1.54, 1.807) is 6.20 Å². The second-order valence-corrected chi connectivity index (χ2v) is 6.93. The van der Waals surface area contributed by atoms with Crippen molar-refractivity contribution in [1.29, 1.82) is 0 Å². The zero-order valence-corrected chi connectivity index (χ0v) is 14.5. The van der Waals surface area contributed by atoms with Gasteiger partial charge in [-0.15, -0.1) is 0 Å². The summed E-state index contributed by atoms with van der Waals surface area (Å²) in [6.07, 6.45) is 5.28. The predicted molar refractivity (Wildman–Crippen MR) is 91.6 cm³/mol. The summed E-state index contributed by atoms with van der Waals surface area (Å²) < 4.78 is 1.89. The number of amides is 1. The van der Waals surface area contributed by atoms with Crippen LogP contribution < -0.4 is 0 Å². The minimum Gasteiger partial charge on any atom is -0.338 e. The summed E-state index contributed by atoms with van der Waals surface area (Å²) in [7, 11) is 0. The van der Waals surface area contributed by atoms with Crippen molar-refractivity contribution >= 4 is 16.9 Å². The van der Waals surface area contributed by atoms with Crippen LogP contribution in [0, 0.1) is 12.8 Å². The van der Waals surface area contributed by atoms with Crippen molar-refractivity contribution < 1.29 is 4.79 Å². The van der Waals surface area contributed by atoms with Gasteiger partial charge in [0.05, 0.1) is 17.1 Å². The van der Waals surface area contributed by atoms with Crippen molar-refractivity contribution in [2.24, 2.45) is 5.92 Å². The second-order valence-electron chi connectivity index (χ2n) is 6.93. The molecule has 1 fully saturated rings. The molecule has 0 N–H and O–H groups in total. The fraction of sp³-hybridized carbons (Fsp3) is 0.611. The molecular weight excluding hydrogens is 288 g/mol. The second kappa shape index (κ2) is 6.30. The van der Waals surface area contributed by atoms with E-state index in [0.29, 0.717) is 5.92 Å². The lowest BCUT2D eigenvalue weighted by Gasteiger charge is -2.22. The first-order chi connectivity index (χ1) is 11.0. The van der Waals surface area contributed by atoms with E-state index in [0.717, 1.165) is 41.8 Å². The van der Waals surface area contributed by atoms with Crippen LogP contribution in [-0.2, 0) is 0 Å². The maximum Gasteiger partial charge on any atom is 0.254 e. The van der Waals surface area contributed by atoms with E-state index in [4.69, 9.17) is 0 Å². The molecule has 3 rings (SSSR count). The minimum atomic E-state index is 0.123. The van der Waals surface area contributed by atoms with Crippen LogP contribution >= 0.6 is 0 Å². The summed E-state index contributed by atoms with van der Waals surface area (Å²) in [6, 6.07) is 2.13. The van der Waals surface area contributed by atoms with E-state index in [-0.39, 0.29) is 11.9 Å². The average Bonchev–Trinajstić information content (AvgIpc) is 3.21. The number of aromatic nitrogens is 3. The van der Waals surface area contributed by atoms with E-state index in [1.165, 1.54) is 12.8 Å². The number of nitrogens with zero attached hydrogens (tertiary/aromatic N) is 4. The van der Waals surface area contributed by atoms with E-state index in [9.17, 15) is 4.79 Å². The van der Waals surface area contributed by atoms with Gasteiger partial charge in [-0.2, -0.15) is 5.10 Å². The van der Waals surface area contributed by atoms with Gasteiger partial charge in [-0.3, -0.25) is 4.79 Å². The van der Waals surface area contributed by atoms with Gasteiger partial charge in [-0.1, -0.05) is 6.92 Å². The molecule has 0 aromatic carbocycles. The Kier molecular flexibility index (Phi) is 4.37. The first-order valence-corrected chi connectivity index (χ1v) is 8.65. The normalized spacial score (nSPS) is 14.7. The Morgan fingerprint density at radius 3 is 2.78 bits per heavy atom. The number of carbonyl (C=O) groups excluding carboxylic acids is 1. The van der Waals surface area contributed by atoms with Crippen LogP contribution in [0.3, 0.4) is 0 Å². The molecule has 0 aliphatic heterocycles. The van der Waals surface area contributed by atoms with Gasteiger partial charge >= 0.3 is 0 Å². The molecule has 2 aromatic heterocycles. The fourth-order valence-electron chi connectivity index (χ4n) is 3.03. The first-order valence-electron chi connectivity index (χ1n) is 8.65. The van der Waals surface area contributed by atoms with Crippen molar-refractivity contribution in [2.45, 2.75) is 53.0 Å². The Morgan fingerprint density at radius 1 is 1.43 bits per heavy atom. The average molecular weight is 314 g/mol. The SMILES string of the molecule is CCCN(CC1CC1)C(=O)c1cc(C)nc2c1cnn2C(C)C. The molecule has 124 valence electrons. The topological polar surface area (TPSA) is 51.0 Å². The Bertz CT molecular complexity index is 715. The Morgan fingerprint density at radius 2 is 2.17 bits per heavy atom. The van der Waals surface area contributed by atoms with Crippen molar-refractivity contribution in [3.63, 3.8) is 0 Å². The summed E-state index contributed by atoms with van der Waals surface area (Å²) in [5.41, 5.74) is 2.42. The Balaban J connectivity index is 2.01. The molecule has 2 heterocycles. The van der Waals surface area contributed by atoms with Crippen LogP contribution in [0.4, 0.5) is 0 Å². The van der Waals surface area contributed by atoms with Crippen LogP contribution in [0.2, 0.25) is 0 Å². The predicted octanol–water partition coefficient (Wildman–Crippen LogP) is 3.58. The molecule has 1 aliphatic rings. The van der Waals surface area contributed by atoms with Crippen molar-refractivity contribution in [2.75, 3.05) is 13.1 Å². The van der Waals surface area contributed by atoms with Crippen LogP contribution in [-0.4, -0.2) is 38.7 Å². The van der Waals surface area contributed by atoms with Crippen molar-refractivity contribution in [3.8, 4) is 0 Å². The molecular formula is C18H26N4O. The van der Waals surface area contributed by atoms with Gasteiger partial charge in [0.15, 0.2) is 5.65 Å². The van der Waals surface area contributed by atoms with E-state index >= 15 is 0 Å². The molecule has 0 atom stereocenters. The largest absolute Gasteiger partial charge is 0.338 e. The van der Waals surface area contributed by atoms with Gasteiger partial charge in [0.1, 0.15) is 0 Å². The lowest BCUT2D eigenvalue weighted by atomic mass is 10.1. The molecule has 0 unspecified atom stereocenters. The molecule has 1 saturated carbocycles. The summed E-state index contributed by atoms with van der Waals surface area (Å²) >= 11 is 0. The monoisotopic (exact) mass is 314 g/mol. The third-order valence-corrected chi connectivity index (χ3v) is 4.37. The highest BCUT2D eigenvalue weighted by molar-refractivity contribution is 6.05. The van der Waals surface area contributed by atoms with E-state index in [1.807, 2.05) is 22.6 Å². The van der Waals surface area contributed by atoms with Crippen LogP contribution in [0.5, 0.6) is 0 Å². The molecule has 0 radical (unpaired) electrons. The van der Waals surface area contributed by atoms with Gasteiger partial charge in [-0.05, 0) is 52.0 Å². The third kappa shape index (κ3) is 3.23. The standard InChI is InChI=1S/C18H26N4O/c1-5-8-21(11-14-6-7-14)18(23)15-9-13(4)20-17-16(15)10-19-22(17)12(2)3/h9-10,12,14H,5-8,11H2,1-4H3. The van der Waals surface area contributed by atoms with Crippen molar-refractivity contribution in [3.05, 3.63) is 23.5 Å². The summed E-state index contributed by atoms with van der Waals surface area (Å²) in [5, 5.41) is 5.31. The Labute approximate surface area is 137 Å². The van der Waals surface area contributed by atoms with E-state index < -0.39 is 0 Å². The number of carbonyl (C=O) groups is 1. The van der Waals surface area contributed by atoms with Gasteiger partial charge in [-0.25, -0.2) is 9.67 Å². The fourth-order valence-corrected chi connectivity index (χ4v) is 3.03. The van der Waals surface area contributed by atoms with Crippen LogP contribution in [0.15, 0.2) is 12.3 Å². The van der Waals surface area contributed by atoms with Crippen LogP contribution in [0.1, 0.15) is 62.1 Å². The molecule has 1 aliphatic carbocycles. The minimum absolute atomic E-state index is 0.123. The number of rotatable bonds is 6. The molecule has 2 aromatic rings. The third-order valence-electron chi connectivity index (χ3n) is 4.37. The highest BCUT2D eigenvalue weighted by atomic mass is 16.2. The Hall–Kier alpha value is -1.91. The summed E-state index contributed by atoms with van der Waals surface area (Å²) in [4.78, 5) is 19.7. The summed E-state index contributed by atoms with van der Waals surface area (Å²) in [5.74, 6) is 0.819. The first kappa shape index (κ1) is 16.0. The van der Waals surface area contributed by atoms with Crippen LogP contribution in [0.25, 0.3) is 11.0 Å². The maximum absolute atomic E-state index is 13.1. The number of hydrogen-bond acceptors (Lipinski definition) is 3. The molecule has 5 nitrogen and oxygen atoms in total. The van der Waals surface area contributed by atoms with Gasteiger partial charge in [0.25, 0.3) is 5.91 Å².